The second kappa shape index (κ2) is 47.0. The van der Waals surface area contributed by atoms with Crippen LogP contribution in [0.5, 0.6) is 0 Å². The maximum absolute atomic E-state index is 13.6. The lowest BCUT2D eigenvalue weighted by Gasteiger charge is -2.43. The second-order valence-electron chi connectivity index (χ2n) is 39.4. The number of nitrogens with zero attached hydrogens (tertiary/aromatic N) is 6. The van der Waals surface area contributed by atoms with Crippen molar-refractivity contribution < 1.29 is 69.1 Å². The molecule has 4 saturated heterocycles. The Morgan fingerprint density at radius 2 is 0.696 bits per heavy atom. The number of methoxy groups -OCH3 is 1. The van der Waals surface area contributed by atoms with Crippen molar-refractivity contribution in [3.05, 3.63) is 224 Å². The van der Waals surface area contributed by atoms with Crippen molar-refractivity contribution in [3.63, 3.8) is 0 Å². The third-order valence-electron chi connectivity index (χ3n) is 24.8. The van der Waals surface area contributed by atoms with Gasteiger partial charge in [0.05, 0.1) is 40.4 Å². The van der Waals surface area contributed by atoms with Gasteiger partial charge in [0.1, 0.15) is 0 Å². The lowest BCUT2D eigenvalue weighted by atomic mass is 9.77. The summed E-state index contributed by atoms with van der Waals surface area (Å²) in [5.74, 6) is -2.51. The van der Waals surface area contributed by atoms with Crippen molar-refractivity contribution in [1.82, 2.24) is 29.4 Å². The van der Waals surface area contributed by atoms with Gasteiger partial charge in [0, 0.05) is 129 Å². The number of piperidine rings is 2. The third-order valence-corrected chi connectivity index (χ3v) is 25.0. The average Bonchev–Trinajstić information content (AvgIpc) is 0.803. The first-order valence-electron chi connectivity index (χ1n) is 44.5. The van der Waals surface area contributed by atoms with Crippen LogP contribution < -0.4 is 0 Å². The Balaban J connectivity index is 0.000000295. The molecule has 13 nitrogen and oxygen atoms in total. The number of alkyl halides is 9. The molecule has 700 valence electrons. The summed E-state index contributed by atoms with van der Waals surface area (Å²) in [5.41, 5.74) is 8.00. The first-order valence-corrected chi connectivity index (χ1v) is 44.9. The fourth-order valence-corrected chi connectivity index (χ4v) is 17.2. The fourth-order valence-electron chi connectivity index (χ4n) is 17.1. The van der Waals surface area contributed by atoms with Gasteiger partial charge in [-0.05, 0) is 219 Å². The lowest BCUT2D eigenvalue weighted by molar-refractivity contribution is -0.138. The number of benzene rings is 5. The van der Waals surface area contributed by atoms with E-state index in [-0.39, 0.29) is 69.8 Å². The molecule has 22 heteroatoms. The Kier molecular flexibility index (Phi) is 40.9. The summed E-state index contributed by atoms with van der Waals surface area (Å²) < 4.78 is 120. The number of carbonyl (C=O) groups excluding carboxylic acids is 2. The van der Waals surface area contributed by atoms with Gasteiger partial charge in [-0.3, -0.25) is 19.6 Å². The van der Waals surface area contributed by atoms with Crippen molar-refractivity contribution in [2.24, 2.45) is 5.92 Å². The summed E-state index contributed by atoms with van der Waals surface area (Å²) in [6.07, 6.45) is 7.01. The zero-order valence-corrected chi connectivity index (χ0v) is 79.6. The molecule has 4 heterocycles. The van der Waals surface area contributed by atoms with Crippen molar-refractivity contribution >= 4 is 23.8 Å². The van der Waals surface area contributed by atoms with E-state index in [1.54, 1.807) is 48.1 Å². The zero-order valence-electron chi connectivity index (χ0n) is 78.8. The molecule has 4 atom stereocenters. The predicted octanol–water partition coefficient (Wildman–Crippen LogP) is 25.0. The largest absolute Gasteiger partial charge is 0.450 e. The third kappa shape index (κ3) is 34.5. The van der Waals surface area contributed by atoms with Crippen LogP contribution in [0.2, 0.25) is 0 Å². The quantitative estimate of drug-likeness (QED) is 0.0270. The fraction of sp³-hybridized carbons (Fsp3) is 0.612. The molecule has 4 aliphatic heterocycles. The molecule has 4 unspecified atom stereocenters. The van der Waals surface area contributed by atoms with Gasteiger partial charge >= 0.3 is 24.5 Å². The van der Waals surface area contributed by atoms with Crippen LogP contribution in [-0.4, -0.2) is 187 Å². The van der Waals surface area contributed by atoms with Gasteiger partial charge in [-0.1, -0.05) is 226 Å². The van der Waals surface area contributed by atoms with E-state index in [2.05, 4.69) is 177 Å². The van der Waals surface area contributed by atoms with E-state index in [4.69, 9.17) is 25.8 Å². The van der Waals surface area contributed by atoms with Crippen LogP contribution >= 0.6 is 11.6 Å². The Morgan fingerprint density at radius 1 is 0.416 bits per heavy atom. The highest BCUT2D eigenvalue weighted by Crippen LogP contribution is 2.42. The van der Waals surface area contributed by atoms with Crippen LogP contribution in [-0.2, 0) is 64.6 Å². The number of likely N-dealkylation sites (tertiary alicyclic amines) is 2. The summed E-state index contributed by atoms with van der Waals surface area (Å²) in [6.45, 7) is 55.2. The molecule has 0 bridgehead atoms. The lowest BCUT2D eigenvalue weighted by Crippen LogP contribution is -2.52. The van der Waals surface area contributed by atoms with E-state index in [1.165, 1.54) is 52.1 Å². The van der Waals surface area contributed by atoms with Crippen molar-refractivity contribution in [2.45, 2.75) is 298 Å². The summed E-state index contributed by atoms with van der Waals surface area (Å²) in [5, 5.41) is 22.0. The molecule has 125 heavy (non-hydrogen) atoms. The van der Waals surface area contributed by atoms with Gasteiger partial charge in [-0.25, -0.2) is 18.4 Å². The topological polar surface area (TPSA) is 122 Å². The molecular formula is C103H153ClF8N6O7. The predicted molar refractivity (Wildman–Crippen MR) is 497 cm³/mol. The summed E-state index contributed by atoms with van der Waals surface area (Å²) >= 11 is 6.50. The standard InChI is InChI=1S/C29H40ClNO.C26H40F2N2O2.C24H36F3NO2.C23H33F3N2O2.CH4/c1-22(2)20-26(21-27(3,4)23-12-14-24(15-13-23)28(5,6)30)31-18-16-29(32,17-19-31)25-10-8-7-9-11-25;1-19(2)16-23(29-12-14-30(15-13-29)24(31)32-18-20(3)4)17-25(5,6)21-8-10-22(11-9-21)26(7,27)28;1-18(2)16-21(28-13-10-23(29,11-14-28)12-15-30-5)17-22(3,4)19-6-8-20(9-7-19)24(25,26)27;1-6-30-21(29)28-13-11-27(12-14-28)20(15-17(2)3)16-22(4,5)18-7-9-19(10-8-18)23(24,25)26;/h7-15,20,26,32H,16-19,21H2,1-6H3;8-11,16,20,23H,12-15,17-18H2,1-7H3;6-9,16,21,29H,10-15,17H2,1-5H3;7-10,15,20H,6,11-14,16H2,1-5H3;1H4. The van der Waals surface area contributed by atoms with Gasteiger partial charge < -0.3 is 34.2 Å². The van der Waals surface area contributed by atoms with E-state index in [9.17, 15) is 54.9 Å². The van der Waals surface area contributed by atoms with Crippen molar-refractivity contribution in [1.29, 1.82) is 0 Å². The molecule has 4 fully saturated rings. The van der Waals surface area contributed by atoms with Gasteiger partial charge in [-0.15, -0.1) is 11.6 Å². The van der Waals surface area contributed by atoms with Gasteiger partial charge in [0.25, 0.3) is 5.92 Å². The van der Waals surface area contributed by atoms with Gasteiger partial charge in [-0.2, -0.15) is 26.3 Å². The van der Waals surface area contributed by atoms with E-state index in [0.29, 0.717) is 77.2 Å². The maximum Gasteiger partial charge on any atom is 0.416 e. The molecule has 0 spiro atoms. The number of allylic oxidation sites excluding steroid dienone is 4. The smallest absolute Gasteiger partial charge is 0.416 e. The highest BCUT2D eigenvalue weighted by molar-refractivity contribution is 6.23. The Bertz CT molecular complexity index is 4180. The monoisotopic (exact) mass is 1770 g/mol. The van der Waals surface area contributed by atoms with Crippen molar-refractivity contribution in [3.8, 4) is 0 Å². The Morgan fingerprint density at radius 3 is 0.968 bits per heavy atom. The minimum atomic E-state index is -4.33. The molecule has 0 saturated carbocycles. The zero-order chi connectivity index (χ0) is 92.8. The Hall–Kier alpha value is -6.95. The molecule has 2 N–H and O–H groups in total. The SMILES string of the molecule is C.CC(C)=CC(CC(C)(C)c1ccc(C(C)(C)Cl)cc1)N1CCC(O)(c2ccccc2)CC1.CC(C)=CC(CC(C)(C)c1ccc(C(C)(F)F)cc1)N1CCN(C(=O)OCC(C)C)CC1.CCOC(=O)N1CCN(C(C=C(C)C)CC(C)(C)c2ccc(C(F)(F)F)cc2)CC1.COCCC1(O)CCN(C(C=C(C)C)CC(C)(C)c2ccc(C(F)(F)F)cc2)CC1. The normalized spacial score (nSPS) is 17.5. The van der Waals surface area contributed by atoms with Gasteiger partial charge in [0.15, 0.2) is 0 Å². The van der Waals surface area contributed by atoms with E-state index in [1.807, 2.05) is 71.9 Å². The number of halogens is 9. The average molecular weight is 1770 g/mol. The molecule has 0 aliphatic carbocycles. The maximum atomic E-state index is 13.6. The first-order chi connectivity index (χ1) is 57.5. The van der Waals surface area contributed by atoms with E-state index < -0.39 is 40.6 Å². The highest BCUT2D eigenvalue weighted by Gasteiger charge is 2.42. The second-order valence-corrected chi connectivity index (χ2v) is 40.4. The molecule has 2 amide bonds. The minimum absolute atomic E-state index is 0. The van der Waals surface area contributed by atoms with Crippen LogP contribution in [0, 0.1) is 5.92 Å². The van der Waals surface area contributed by atoms with Crippen LogP contribution in [0.1, 0.15) is 268 Å². The van der Waals surface area contributed by atoms with Crippen molar-refractivity contribution in [2.75, 3.05) is 105 Å². The molecular weight excluding hydrogens is 1620 g/mol. The number of piperazine rings is 2. The molecule has 4 aliphatic rings. The number of ether oxygens (including phenoxy) is 3. The number of carbonyl (C=O) groups is 2. The highest BCUT2D eigenvalue weighted by atomic mass is 35.5. The van der Waals surface area contributed by atoms with Crippen LogP contribution in [0.4, 0.5) is 44.7 Å². The minimum Gasteiger partial charge on any atom is -0.450 e. The number of rotatable bonds is 29. The van der Waals surface area contributed by atoms with Crippen LogP contribution in [0.3, 0.4) is 0 Å². The summed E-state index contributed by atoms with van der Waals surface area (Å²) in [4.78, 5) is 37.1. The van der Waals surface area contributed by atoms with E-state index in [0.717, 1.165) is 138 Å². The number of hydrogen-bond acceptors (Lipinski definition) is 11. The van der Waals surface area contributed by atoms with Crippen LogP contribution in [0.25, 0.3) is 0 Å². The van der Waals surface area contributed by atoms with E-state index >= 15 is 0 Å². The molecule has 5 aromatic carbocycles. The molecule has 9 rings (SSSR count). The molecule has 5 aromatic rings. The number of hydrogen-bond donors (Lipinski definition) is 2. The number of amides is 2. The van der Waals surface area contributed by atoms with Gasteiger partial charge in [0.2, 0.25) is 0 Å². The first kappa shape index (κ1) is 109. The van der Waals surface area contributed by atoms with Crippen LogP contribution in [0.15, 0.2) is 174 Å². The summed E-state index contributed by atoms with van der Waals surface area (Å²) in [7, 11) is 1.65. The Labute approximate surface area is 751 Å². The number of aliphatic hydroxyl groups is 2. The molecule has 0 aromatic heterocycles. The summed E-state index contributed by atoms with van der Waals surface area (Å²) in [6, 6.07) is 37.6. The molecule has 0 radical (unpaired) electrons.